The van der Waals surface area contributed by atoms with Gasteiger partial charge in [0.15, 0.2) is 0 Å². The molecule has 3 rings (SSSR count). The number of halogens is 1. The van der Waals surface area contributed by atoms with Gasteiger partial charge in [0.1, 0.15) is 0 Å². The van der Waals surface area contributed by atoms with E-state index in [1.54, 1.807) is 0 Å². The van der Waals surface area contributed by atoms with Crippen LogP contribution < -0.4 is 5.32 Å². The summed E-state index contributed by atoms with van der Waals surface area (Å²) in [5.74, 6) is 0. The first kappa shape index (κ1) is 17.6. The van der Waals surface area contributed by atoms with E-state index >= 15 is 0 Å². The molecule has 3 aromatic rings. The summed E-state index contributed by atoms with van der Waals surface area (Å²) in [6.07, 6.45) is 2.14. The molecule has 0 spiro atoms. The lowest BCUT2D eigenvalue weighted by atomic mass is 10.1. The summed E-state index contributed by atoms with van der Waals surface area (Å²) in [6.45, 7) is 5.44. The first-order chi connectivity index (χ1) is 10.7. The van der Waals surface area contributed by atoms with Crippen molar-refractivity contribution in [1.29, 1.82) is 0 Å². The largest absolute Gasteiger partial charge is 0.358 e. The minimum Gasteiger partial charge on any atom is -0.358 e. The maximum Gasteiger partial charge on any atom is 0.0458 e. The van der Waals surface area contributed by atoms with Crippen LogP contribution in [0.1, 0.15) is 23.7 Å². The molecule has 0 radical (unpaired) electrons. The Morgan fingerprint density at radius 2 is 1.70 bits per heavy atom. The average Bonchev–Trinajstić information content (AvgIpc) is 2.84. The molecule has 3 heteroatoms. The van der Waals surface area contributed by atoms with Crippen LogP contribution in [0.5, 0.6) is 0 Å². The number of benzene rings is 2. The minimum atomic E-state index is 0. The van der Waals surface area contributed by atoms with Crippen LogP contribution in [0, 0.1) is 6.92 Å². The van der Waals surface area contributed by atoms with Gasteiger partial charge in [0.05, 0.1) is 0 Å². The van der Waals surface area contributed by atoms with E-state index in [1.165, 1.54) is 27.7 Å². The van der Waals surface area contributed by atoms with Crippen LogP contribution in [-0.2, 0) is 12.8 Å². The molecule has 2 nitrogen and oxygen atoms in total. The van der Waals surface area contributed by atoms with Crippen molar-refractivity contribution in [3.05, 3.63) is 71.4 Å². The van der Waals surface area contributed by atoms with Crippen LogP contribution in [0.25, 0.3) is 10.9 Å². The third-order valence-electron chi connectivity index (χ3n) is 4.28. The second-order valence-corrected chi connectivity index (χ2v) is 6.07. The predicted molar refractivity (Wildman–Crippen MR) is 102 cm³/mol. The molecule has 1 unspecified atom stereocenters. The van der Waals surface area contributed by atoms with Crippen molar-refractivity contribution in [3.63, 3.8) is 0 Å². The topological polar surface area (TPSA) is 27.8 Å². The van der Waals surface area contributed by atoms with Crippen molar-refractivity contribution in [3.8, 4) is 0 Å². The maximum absolute atomic E-state index is 3.65. The highest BCUT2D eigenvalue weighted by molar-refractivity contribution is 5.85. The SMILES string of the molecule is Cc1[nH]c2ccccc2c1CCNC(C)Cc1ccccc1.Cl. The zero-order valence-corrected chi connectivity index (χ0v) is 14.6. The number of fused-ring (bicyclic) bond motifs is 1. The summed E-state index contributed by atoms with van der Waals surface area (Å²) in [6, 6.07) is 19.7. The van der Waals surface area contributed by atoms with Gasteiger partial charge in [0.25, 0.3) is 0 Å². The summed E-state index contributed by atoms with van der Waals surface area (Å²) in [5, 5.41) is 5.01. The lowest BCUT2D eigenvalue weighted by Crippen LogP contribution is -2.30. The van der Waals surface area contributed by atoms with Gasteiger partial charge < -0.3 is 10.3 Å². The first-order valence-corrected chi connectivity index (χ1v) is 8.07. The summed E-state index contributed by atoms with van der Waals surface area (Å²) >= 11 is 0. The third-order valence-corrected chi connectivity index (χ3v) is 4.28. The number of aryl methyl sites for hydroxylation is 1. The van der Waals surface area contributed by atoms with Crippen molar-refractivity contribution in [1.82, 2.24) is 10.3 Å². The first-order valence-electron chi connectivity index (χ1n) is 8.07. The molecule has 2 N–H and O–H groups in total. The normalized spacial score (nSPS) is 12.1. The molecule has 0 saturated heterocycles. The van der Waals surface area contributed by atoms with Crippen LogP contribution >= 0.6 is 12.4 Å². The number of rotatable bonds is 6. The van der Waals surface area contributed by atoms with E-state index in [9.17, 15) is 0 Å². The number of hydrogen-bond acceptors (Lipinski definition) is 1. The number of H-pyrrole nitrogens is 1. The lowest BCUT2D eigenvalue weighted by molar-refractivity contribution is 0.548. The van der Waals surface area contributed by atoms with Crippen LogP contribution in [0.2, 0.25) is 0 Å². The van der Waals surface area contributed by atoms with Gasteiger partial charge >= 0.3 is 0 Å². The molecule has 0 aliphatic rings. The zero-order valence-electron chi connectivity index (χ0n) is 13.8. The Morgan fingerprint density at radius 3 is 2.48 bits per heavy atom. The number of para-hydroxylation sites is 1. The lowest BCUT2D eigenvalue weighted by Gasteiger charge is -2.14. The summed E-state index contributed by atoms with van der Waals surface area (Å²) < 4.78 is 0. The summed E-state index contributed by atoms with van der Waals surface area (Å²) in [7, 11) is 0. The number of hydrogen-bond donors (Lipinski definition) is 2. The molecule has 0 saturated carbocycles. The fraction of sp³-hybridized carbons (Fsp3) is 0.300. The van der Waals surface area contributed by atoms with Crippen LogP contribution in [-0.4, -0.2) is 17.6 Å². The predicted octanol–water partition coefficient (Wildman–Crippen LogP) is 4.66. The van der Waals surface area contributed by atoms with Gasteiger partial charge in [-0.15, -0.1) is 12.4 Å². The molecule has 23 heavy (non-hydrogen) atoms. The standard InChI is InChI=1S/C20H24N2.ClH/c1-15(14-17-8-4-3-5-9-17)21-13-12-18-16(2)22-20-11-7-6-10-19(18)20;/h3-11,15,21-22H,12-14H2,1-2H3;1H. The van der Waals surface area contributed by atoms with Crippen LogP contribution in [0.4, 0.5) is 0 Å². The second-order valence-electron chi connectivity index (χ2n) is 6.07. The van der Waals surface area contributed by atoms with E-state index in [1.807, 2.05) is 0 Å². The second kappa shape index (κ2) is 8.19. The van der Waals surface area contributed by atoms with Crippen molar-refractivity contribution in [2.24, 2.45) is 0 Å². The van der Waals surface area contributed by atoms with Gasteiger partial charge in [-0.25, -0.2) is 0 Å². The average molecular weight is 329 g/mol. The molecular formula is C20H25ClN2. The molecule has 1 atom stereocenters. The van der Waals surface area contributed by atoms with E-state index in [2.05, 4.69) is 78.7 Å². The van der Waals surface area contributed by atoms with E-state index in [0.29, 0.717) is 6.04 Å². The Bertz CT molecular complexity index is 734. The minimum absolute atomic E-state index is 0. The monoisotopic (exact) mass is 328 g/mol. The van der Waals surface area contributed by atoms with Crippen molar-refractivity contribution < 1.29 is 0 Å². The highest BCUT2D eigenvalue weighted by Gasteiger charge is 2.08. The van der Waals surface area contributed by atoms with E-state index in [0.717, 1.165) is 19.4 Å². The molecule has 0 fully saturated rings. The third kappa shape index (κ3) is 4.37. The van der Waals surface area contributed by atoms with Crippen molar-refractivity contribution in [2.45, 2.75) is 32.7 Å². The van der Waals surface area contributed by atoms with Gasteiger partial charge in [-0.3, -0.25) is 0 Å². The number of aromatic nitrogens is 1. The molecule has 1 aromatic heterocycles. The highest BCUT2D eigenvalue weighted by atomic mass is 35.5. The summed E-state index contributed by atoms with van der Waals surface area (Å²) in [4.78, 5) is 3.48. The fourth-order valence-electron chi connectivity index (χ4n) is 3.14. The smallest absolute Gasteiger partial charge is 0.0458 e. The molecule has 0 amide bonds. The molecular weight excluding hydrogens is 304 g/mol. The van der Waals surface area contributed by atoms with Gasteiger partial charge in [-0.05, 0) is 50.4 Å². The van der Waals surface area contributed by atoms with Gasteiger partial charge in [-0.1, -0.05) is 48.5 Å². The molecule has 0 aliphatic carbocycles. The van der Waals surface area contributed by atoms with Gasteiger partial charge in [0, 0.05) is 22.6 Å². The van der Waals surface area contributed by atoms with Crippen molar-refractivity contribution in [2.75, 3.05) is 6.54 Å². The quantitative estimate of drug-likeness (QED) is 0.676. The fourth-order valence-corrected chi connectivity index (χ4v) is 3.14. The highest BCUT2D eigenvalue weighted by Crippen LogP contribution is 2.21. The number of nitrogens with one attached hydrogen (secondary N) is 2. The van der Waals surface area contributed by atoms with Crippen LogP contribution in [0.15, 0.2) is 54.6 Å². The Hall–Kier alpha value is -1.77. The Balaban J connectivity index is 0.00000192. The zero-order chi connectivity index (χ0) is 15.4. The van der Waals surface area contributed by atoms with Crippen molar-refractivity contribution >= 4 is 23.3 Å². The molecule has 122 valence electrons. The molecule has 1 heterocycles. The molecule has 2 aromatic carbocycles. The maximum atomic E-state index is 3.65. The van der Waals surface area contributed by atoms with Gasteiger partial charge in [0.2, 0.25) is 0 Å². The Labute approximate surface area is 144 Å². The van der Waals surface area contributed by atoms with E-state index < -0.39 is 0 Å². The number of aromatic amines is 1. The Morgan fingerprint density at radius 1 is 1.00 bits per heavy atom. The van der Waals surface area contributed by atoms with Gasteiger partial charge in [-0.2, -0.15) is 0 Å². The molecule has 0 aliphatic heterocycles. The van der Waals surface area contributed by atoms with E-state index in [-0.39, 0.29) is 12.4 Å². The summed E-state index contributed by atoms with van der Waals surface area (Å²) in [5.41, 5.74) is 5.37. The molecule has 0 bridgehead atoms. The van der Waals surface area contributed by atoms with E-state index in [4.69, 9.17) is 0 Å². The Kier molecular flexibility index (Phi) is 6.26. The van der Waals surface area contributed by atoms with Crippen LogP contribution in [0.3, 0.4) is 0 Å².